The van der Waals surface area contributed by atoms with Gasteiger partial charge in [-0.1, -0.05) is 29.3 Å². The average molecular weight is 410 g/mol. The van der Waals surface area contributed by atoms with Crippen LogP contribution in [0.15, 0.2) is 47.4 Å². The van der Waals surface area contributed by atoms with Gasteiger partial charge in [-0.15, -0.1) is 0 Å². The Labute approximate surface area is 165 Å². The number of halogens is 2. The first-order valence-electron chi connectivity index (χ1n) is 8.12. The molecule has 0 spiro atoms. The Morgan fingerprint density at radius 1 is 1.22 bits per heavy atom. The Bertz CT molecular complexity index is 925. The number of hydrogen-bond acceptors (Lipinski definition) is 4. The number of amides is 1. The number of nitro groups is 1. The zero-order valence-electron chi connectivity index (χ0n) is 14.2. The van der Waals surface area contributed by atoms with Crippen molar-refractivity contribution < 1.29 is 9.72 Å². The van der Waals surface area contributed by atoms with E-state index in [9.17, 15) is 19.7 Å². The van der Waals surface area contributed by atoms with Gasteiger partial charge >= 0.3 is 0 Å². The first kappa shape index (κ1) is 20.7. The molecule has 7 nitrogen and oxygen atoms in total. The van der Waals surface area contributed by atoms with Gasteiger partial charge in [0.2, 0.25) is 5.91 Å². The van der Waals surface area contributed by atoms with E-state index in [4.69, 9.17) is 23.2 Å². The number of benzene rings is 1. The van der Waals surface area contributed by atoms with Crippen molar-refractivity contribution in [3.8, 4) is 0 Å². The second-order valence-corrected chi connectivity index (χ2v) is 6.52. The largest absolute Gasteiger partial charge is 0.353 e. The van der Waals surface area contributed by atoms with Crippen molar-refractivity contribution in [2.45, 2.75) is 19.4 Å². The van der Waals surface area contributed by atoms with Crippen LogP contribution in [0.4, 0.5) is 5.69 Å². The molecule has 2 rings (SSSR count). The Morgan fingerprint density at radius 2 is 2.00 bits per heavy atom. The number of rotatable bonds is 8. The highest BCUT2D eigenvalue weighted by atomic mass is 35.5. The molecule has 2 aromatic rings. The first-order valence-corrected chi connectivity index (χ1v) is 8.88. The predicted octanol–water partition coefficient (Wildman–Crippen LogP) is 3.67. The van der Waals surface area contributed by atoms with Crippen LogP contribution in [0.3, 0.4) is 0 Å². The maximum atomic E-state index is 11.8. The Kier molecular flexibility index (Phi) is 7.57. The number of aromatic nitrogens is 1. The summed E-state index contributed by atoms with van der Waals surface area (Å²) in [4.78, 5) is 33.7. The van der Waals surface area contributed by atoms with Gasteiger partial charge in [0.25, 0.3) is 11.2 Å². The topological polar surface area (TPSA) is 94.2 Å². The molecule has 1 aromatic carbocycles. The zero-order chi connectivity index (χ0) is 19.8. The van der Waals surface area contributed by atoms with Gasteiger partial charge in [0, 0.05) is 41.3 Å². The van der Waals surface area contributed by atoms with E-state index in [0.717, 1.165) is 0 Å². The minimum atomic E-state index is -0.546. The molecular weight excluding hydrogens is 393 g/mol. The van der Waals surface area contributed by atoms with Gasteiger partial charge in [-0.25, -0.2) is 0 Å². The number of nitrogens with one attached hydrogen (secondary N) is 1. The molecule has 0 atom stereocenters. The molecule has 0 bridgehead atoms. The van der Waals surface area contributed by atoms with Gasteiger partial charge in [0.15, 0.2) is 0 Å². The van der Waals surface area contributed by atoms with Crippen LogP contribution in [-0.4, -0.2) is 21.9 Å². The van der Waals surface area contributed by atoms with Crippen LogP contribution >= 0.6 is 23.2 Å². The molecule has 0 unspecified atom stereocenters. The molecule has 0 aliphatic carbocycles. The molecule has 0 radical (unpaired) electrons. The summed E-state index contributed by atoms with van der Waals surface area (Å²) in [5, 5.41) is 14.4. The van der Waals surface area contributed by atoms with E-state index >= 15 is 0 Å². The quantitative estimate of drug-likeness (QED) is 0.311. The van der Waals surface area contributed by atoms with E-state index in [1.807, 2.05) is 0 Å². The average Bonchev–Trinajstić information content (AvgIpc) is 2.62. The third-order valence-corrected chi connectivity index (χ3v) is 4.24. The van der Waals surface area contributed by atoms with E-state index in [2.05, 4.69) is 5.32 Å². The molecular formula is C18H17Cl2N3O4. The molecule has 0 aliphatic rings. The van der Waals surface area contributed by atoms with Crippen molar-refractivity contribution in [1.82, 2.24) is 9.88 Å². The van der Waals surface area contributed by atoms with Gasteiger partial charge in [0.05, 0.1) is 11.1 Å². The summed E-state index contributed by atoms with van der Waals surface area (Å²) in [6.07, 6.45) is 5.40. The van der Waals surface area contributed by atoms with E-state index in [1.54, 1.807) is 24.3 Å². The number of pyridine rings is 1. The number of unbranched alkanes of at least 4 members (excludes halogenated alkanes) is 1. The second-order valence-electron chi connectivity index (χ2n) is 5.67. The van der Waals surface area contributed by atoms with Gasteiger partial charge in [-0.05, 0) is 36.6 Å². The molecule has 142 valence electrons. The minimum absolute atomic E-state index is 0.131. The summed E-state index contributed by atoms with van der Waals surface area (Å²) in [5.41, 5.74) is 0.252. The summed E-state index contributed by atoms with van der Waals surface area (Å²) in [6, 6.07) is 7.34. The molecule has 27 heavy (non-hydrogen) atoms. The lowest BCUT2D eigenvalue weighted by molar-refractivity contribution is -0.385. The lowest BCUT2D eigenvalue weighted by Gasteiger charge is -2.06. The zero-order valence-corrected chi connectivity index (χ0v) is 15.7. The van der Waals surface area contributed by atoms with E-state index in [-0.39, 0.29) is 17.2 Å². The lowest BCUT2D eigenvalue weighted by Crippen LogP contribution is -2.23. The number of hydrogen-bond donors (Lipinski definition) is 1. The monoisotopic (exact) mass is 409 g/mol. The van der Waals surface area contributed by atoms with Crippen molar-refractivity contribution in [2.24, 2.45) is 0 Å². The van der Waals surface area contributed by atoms with Crippen LogP contribution in [-0.2, 0) is 11.3 Å². The fourth-order valence-corrected chi connectivity index (χ4v) is 2.75. The van der Waals surface area contributed by atoms with Crippen molar-refractivity contribution in [3.63, 3.8) is 0 Å². The van der Waals surface area contributed by atoms with E-state index in [1.165, 1.54) is 29.0 Å². The highest BCUT2D eigenvalue weighted by molar-refractivity contribution is 6.35. The van der Waals surface area contributed by atoms with Gasteiger partial charge in [-0.2, -0.15) is 0 Å². The molecule has 0 saturated carbocycles. The van der Waals surface area contributed by atoms with Crippen LogP contribution in [0.1, 0.15) is 18.4 Å². The number of carbonyl (C=O) groups is 1. The molecule has 0 aliphatic heterocycles. The predicted molar refractivity (Wildman–Crippen MR) is 105 cm³/mol. The summed E-state index contributed by atoms with van der Waals surface area (Å²) in [5.74, 6) is -0.270. The minimum Gasteiger partial charge on any atom is -0.353 e. The molecule has 1 N–H and O–H groups in total. The Hall–Kier alpha value is -2.64. The van der Waals surface area contributed by atoms with Crippen molar-refractivity contribution >= 4 is 40.9 Å². The fraction of sp³-hybridized carbons (Fsp3) is 0.222. The van der Waals surface area contributed by atoms with Crippen LogP contribution in [0.2, 0.25) is 10.0 Å². The van der Waals surface area contributed by atoms with Crippen LogP contribution < -0.4 is 10.9 Å². The first-order chi connectivity index (χ1) is 12.9. The fourth-order valence-electron chi connectivity index (χ4n) is 2.28. The van der Waals surface area contributed by atoms with Gasteiger partial charge in [-0.3, -0.25) is 19.7 Å². The molecule has 1 heterocycles. The van der Waals surface area contributed by atoms with E-state index in [0.29, 0.717) is 41.5 Å². The standard InChI is InChI=1S/C18H17Cl2N3O4/c19-14-5-3-13(16(20)11-14)4-7-17(24)21-9-1-2-10-22-12-15(23(26)27)6-8-18(22)25/h3-8,11-12H,1-2,9-10H2,(H,21,24)/b7-4+. The summed E-state index contributed by atoms with van der Waals surface area (Å²) in [7, 11) is 0. The maximum absolute atomic E-state index is 11.8. The Morgan fingerprint density at radius 3 is 2.70 bits per heavy atom. The van der Waals surface area contributed by atoms with Crippen LogP contribution in [0.25, 0.3) is 6.08 Å². The van der Waals surface area contributed by atoms with Gasteiger partial charge < -0.3 is 9.88 Å². The van der Waals surface area contributed by atoms with Crippen LogP contribution in [0.5, 0.6) is 0 Å². The smallest absolute Gasteiger partial charge is 0.285 e. The van der Waals surface area contributed by atoms with Crippen LogP contribution in [0, 0.1) is 10.1 Å². The lowest BCUT2D eigenvalue weighted by atomic mass is 10.2. The molecule has 9 heteroatoms. The molecule has 1 amide bonds. The highest BCUT2D eigenvalue weighted by Gasteiger charge is 2.07. The maximum Gasteiger partial charge on any atom is 0.285 e. The van der Waals surface area contributed by atoms with Crippen molar-refractivity contribution in [3.05, 3.63) is 78.7 Å². The molecule has 0 fully saturated rings. The summed E-state index contributed by atoms with van der Waals surface area (Å²) < 4.78 is 1.29. The number of aryl methyl sites for hydroxylation is 1. The number of carbonyl (C=O) groups excluding carboxylic acids is 1. The number of nitrogens with zero attached hydrogens (tertiary/aromatic N) is 2. The van der Waals surface area contributed by atoms with Gasteiger partial charge in [0.1, 0.15) is 0 Å². The van der Waals surface area contributed by atoms with Crippen molar-refractivity contribution in [2.75, 3.05) is 6.54 Å². The second kappa shape index (κ2) is 9.89. The third kappa shape index (κ3) is 6.54. The van der Waals surface area contributed by atoms with E-state index < -0.39 is 4.92 Å². The normalized spacial score (nSPS) is 10.9. The summed E-state index contributed by atoms with van der Waals surface area (Å²) >= 11 is 11.8. The summed E-state index contributed by atoms with van der Waals surface area (Å²) in [6.45, 7) is 0.758. The molecule has 1 aromatic heterocycles. The highest BCUT2D eigenvalue weighted by Crippen LogP contribution is 2.21. The van der Waals surface area contributed by atoms with Crippen molar-refractivity contribution in [1.29, 1.82) is 0 Å². The Balaban J connectivity index is 1.76. The third-order valence-electron chi connectivity index (χ3n) is 3.68. The molecule has 0 saturated heterocycles. The SMILES string of the molecule is O=C(/C=C/c1ccc(Cl)cc1Cl)NCCCCn1cc([N+](=O)[O-])ccc1=O.